The highest BCUT2D eigenvalue weighted by molar-refractivity contribution is 7.15. The molecule has 0 radical (unpaired) electrons. The monoisotopic (exact) mass is 501 g/mol. The van der Waals surface area contributed by atoms with Crippen LogP contribution in [-0.2, 0) is 12.7 Å². The molecular formula is C21H16Cl2F3N3O2S. The number of benzene rings is 1. The van der Waals surface area contributed by atoms with E-state index in [0.29, 0.717) is 28.0 Å². The summed E-state index contributed by atoms with van der Waals surface area (Å²) in [5.41, 5.74) is -2.20. The van der Waals surface area contributed by atoms with Gasteiger partial charge in [-0.15, -0.1) is 11.3 Å². The van der Waals surface area contributed by atoms with Gasteiger partial charge in [-0.05, 0) is 30.2 Å². The molecule has 1 aliphatic rings. The van der Waals surface area contributed by atoms with Crippen LogP contribution in [0.25, 0.3) is 17.2 Å². The Morgan fingerprint density at radius 3 is 2.69 bits per heavy atom. The number of fused-ring (bicyclic) bond motifs is 1. The van der Waals surface area contributed by atoms with Crippen molar-refractivity contribution in [3.63, 3.8) is 0 Å². The van der Waals surface area contributed by atoms with E-state index in [1.54, 1.807) is 6.08 Å². The first-order valence-corrected chi connectivity index (χ1v) is 11.2. The molecule has 0 N–H and O–H groups in total. The fourth-order valence-corrected chi connectivity index (χ4v) is 5.01. The van der Waals surface area contributed by atoms with Crippen LogP contribution in [-0.4, -0.2) is 9.55 Å². The third kappa shape index (κ3) is 4.16. The molecule has 0 aliphatic carbocycles. The van der Waals surface area contributed by atoms with Gasteiger partial charge in [-0.3, -0.25) is 0 Å². The lowest BCUT2D eigenvalue weighted by Gasteiger charge is -2.24. The maximum absolute atomic E-state index is 13.5. The van der Waals surface area contributed by atoms with Crippen LogP contribution >= 0.6 is 34.5 Å². The average Bonchev–Trinajstić information content (AvgIpc) is 3.14. The van der Waals surface area contributed by atoms with Crippen molar-refractivity contribution in [2.45, 2.75) is 38.5 Å². The van der Waals surface area contributed by atoms with E-state index in [2.05, 4.69) is 4.98 Å². The van der Waals surface area contributed by atoms with E-state index in [4.69, 9.17) is 23.2 Å². The topological polar surface area (TPSA) is 61.8 Å². The van der Waals surface area contributed by atoms with Crippen molar-refractivity contribution < 1.29 is 22.8 Å². The summed E-state index contributed by atoms with van der Waals surface area (Å²) in [5, 5.41) is 13.3. The average molecular weight is 502 g/mol. The van der Waals surface area contributed by atoms with Gasteiger partial charge in [0.2, 0.25) is 0 Å². The Balaban J connectivity index is 2.02. The van der Waals surface area contributed by atoms with Crippen molar-refractivity contribution >= 4 is 40.6 Å². The van der Waals surface area contributed by atoms with Crippen LogP contribution in [0.5, 0.6) is 5.88 Å². The Morgan fingerprint density at radius 1 is 1.31 bits per heavy atom. The fourth-order valence-electron chi connectivity index (χ4n) is 3.80. The molecule has 11 heteroatoms. The molecule has 0 spiro atoms. The number of nitrogens with zero attached hydrogens (tertiary/aromatic N) is 3. The number of halogens is 5. The summed E-state index contributed by atoms with van der Waals surface area (Å²) >= 11 is 13.0. The Labute approximate surface area is 195 Å². The summed E-state index contributed by atoms with van der Waals surface area (Å²) in [7, 11) is 0. The van der Waals surface area contributed by atoms with Crippen molar-refractivity contribution in [2.24, 2.45) is 0 Å². The van der Waals surface area contributed by atoms with Crippen molar-refractivity contribution in [1.82, 2.24) is 9.55 Å². The zero-order valence-corrected chi connectivity index (χ0v) is 18.9. The van der Waals surface area contributed by atoms with Gasteiger partial charge in [-0.2, -0.15) is 17.7 Å². The normalized spacial score (nSPS) is 15.8. The molecule has 0 bridgehead atoms. The number of thiazole rings is 1. The minimum Gasteiger partial charge on any atom is -0.842 e. The Kier molecular flexibility index (Phi) is 6.08. The predicted octanol–water partition coefficient (Wildman–Crippen LogP) is 5.07. The molecule has 5 nitrogen and oxygen atoms in total. The van der Waals surface area contributed by atoms with Crippen LogP contribution in [0, 0.1) is 0 Å². The zero-order chi connectivity index (χ0) is 23.2. The van der Waals surface area contributed by atoms with Crippen molar-refractivity contribution in [3.8, 4) is 17.0 Å². The zero-order valence-electron chi connectivity index (χ0n) is 16.6. The second-order valence-electron chi connectivity index (χ2n) is 7.31. The van der Waals surface area contributed by atoms with Crippen LogP contribution in [0.1, 0.15) is 42.1 Å². The lowest BCUT2D eigenvalue weighted by atomic mass is 10.0. The van der Waals surface area contributed by atoms with E-state index in [1.165, 1.54) is 32.7 Å². The van der Waals surface area contributed by atoms with Crippen LogP contribution in [0.4, 0.5) is 13.2 Å². The van der Waals surface area contributed by atoms with Crippen molar-refractivity contribution in [3.05, 3.63) is 66.6 Å². The number of allylic oxidation sites excluding steroid dienone is 1. The molecule has 2 aromatic heterocycles. The molecule has 1 atom stereocenters. The molecular weight excluding hydrogens is 486 g/mol. The van der Waals surface area contributed by atoms with Gasteiger partial charge in [0, 0.05) is 23.7 Å². The van der Waals surface area contributed by atoms with Gasteiger partial charge in [0.05, 0.1) is 16.3 Å². The van der Waals surface area contributed by atoms with Crippen LogP contribution in [0.3, 0.4) is 0 Å². The van der Waals surface area contributed by atoms with Crippen molar-refractivity contribution in [1.29, 1.82) is 0 Å². The third-order valence-electron chi connectivity index (χ3n) is 5.28. The molecule has 32 heavy (non-hydrogen) atoms. The minimum atomic E-state index is -4.68. The molecule has 1 aliphatic heterocycles. The van der Waals surface area contributed by atoms with Gasteiger partial charge in [-0.1, -0.05) is 36.2 Å². The Hall–Kier alpha value is -2.36. The molecule has 0 amide bonds. The van der Waals surface area contributed by atoms with Crippen LogP contribution < -0.4 is 15.2 Å². The van der Waals surface area contributed by atoms with Gasteiger partial charge in [0.15, 0.2) is 4.47 Å². The summed E-state index contributed by atoms with van der Waals surface area (Å²) in [6, 6.07) is 2.51. The van der Waals surface area contributed by atoms with Gasteiger partial charge in [0.25, 0.3) is 5.82 Å². The standard InChI is InChI=1S/C21H16Cl2F3N3O2S/c1-2-14-4-3-5-16-28(10-15-9-27-20(23)32-15)18(30)17(19(31)29(14)16)11-6-12(21(24,25)26)8-13(22)7-11/h3,5-9,14H,2,4,10H2,1H3. The van der Waals surface area contributed by atoms with Gasteiger partial charge in [0.1, 0.15) is 18.2 Å². The van der Waals surface area contributed by atoms with Crippen LogP contribution in [0.2, 0.25) is 9.49 Å². The Bertz CT molecular complexity index is 1280. The molecule has 0 saturated heterocycles. The van der Waals surface area contributed by atoms with E-state index in [-0.39, 0.29) is 28.7 Å². The van der Waals surface area contributed by atoms with E-state index in [9.17, 15) is 23.1 Å². The van der Waals surface area contributed by atoms with E-state index >= 15 is 0 Å². The lowest BCUT2D eigenvalue weighted by Crippen LogP contribution is -2.49. The highest BCUT2D eigenvalue weighted by Gasteiger charge is 2.34. The van der Waals surface area contributed by atoms with E-state index in [1.807, 2.05) is 13.0 Å². The first-order chi connectivity index (χ1) is 15.1. The molecule has 0 fully saturated rings. The van der Waals surface area contributed by atoms with Crippen LogP contribution in [0.15, 0.2) is 35.3 Å². The molecule has 3 aromatic rings. The Morgan fingerprint density at radius 2 is 2.06 bits per heavy atom. The first kappa shape index (κ1) is 22.8. The molecule has 1 aromatic carbocycles. The molecule has 3 heterocycles. The highest BCUT2D eigenvalue weighted by Crippen LogP contribution is 2.36. The maximum atomic E-state index is 13.5. The summed E-state index contributed by atoms with van der Waals surface area (Å²) in [5.74, 6) is -0.327. The number of aromatic nitrogens is 3. The molecule has 1 unspecified atom stereocenters. The van der Waals surface area contributed by atoms with E-state index < -0.39 is 23.2 Å². The number of hydrogen-bond donors (Lipinski definition) is 0. The molecule has 0 saturated carbocycles. The van der Waals surface area contributed by atoms with Crippen molar-refractivity contribution in [2.75, 3.05) is 0 Å². The largest absolute Gasteiger partial charge is 0.842 e. The predicted molar refractivity (Wildman–Crippen MR) is 115 cm³/mol. The maximum Gasteiger partial charge on any atom is 0.416 e. The third-order valence-corrected chi connectivity index (χ3v) is 6.60. The molecule has 4 rings (SSSR count). The van der Waals surface area contributed by atoms with Gasteiger partial charge < -0.3 is 5.11 Å². The second kappa shape index (κ2) is 8.53. The summed E-state index contributed by atoms with van der Waals surface area (Å²) < 4.78 is 43.3. The number of hydrogen-bond acceptors (Lipinski definition) is 4. The molecule has 168 valence electrons. The minimum absolute atomic E-state index is 0.0688. The second-order valence-corrected chi connectivity index (χ2v) is 9.44. The SMILES string of the molecule is CCC1CC=Cc2n1c(=O)c(-c1cc(Cl)cc(C(F)(F)F)c1)c([O-])[n+]2Cc1cnc(Cl)s1. The first-order valence-electron chi connectivity index (χ1n) is 9.64. The smallest absolute Gasteiger partial charge is 0.416 e. The summed E-state index contributed by atoms with van der Waals surface area (Å²) in [4.78, 5) is 18.1. The lowest BCUT2D eigenvalue weighted by molar-refractivity contribution is -0.732. The summed E-state index contributed by atoms with van der Waals surface area (Å²) in [6.45, 7) is 1.97. The fraction of sp³-hybridized carbons (Fsp3) is 0.286. The number of rotatable bonds is 4. The summed E-state index contributed by atoms with van der Waals surface area (Å²) in [6.07, 6.45) is 1.56. The highest BCUT2D eigenvalue weighted by atomic mass is 35.5. The van der Waals surface area contributed by atoms with Gasteiger partial charge >= 0.3 is 11.7 Å². The quantitative estimate of drug-likeness (QED) is 0.468. The number of alkyl halides is 3. The van der Waals surface area contributed by atoms with E-state index in [0.717, 1.165) is 12.1 Å². The van der Waals surface area contributed by atoms with Gasteiger partial charge in [-0.25, -0.2) is 14.3 Å².